The van der Waals surface area contributed by atoms with E-state index < -0.39 is 0 Å². The number of ketones is 1. The number of benzene rings is 2. The first-order valence-corrected chi connectivity index (χ1v) is 9.15. The molecule has 0 radical (unpaired) electrons. The molecule has 27 heavy (non-hydrogen) atoms. The first-order valence-electron chi connectivity index (χ1n) is 8.74. The predicted octanol–water partition coefficient (Wildman–Crippen LogP) is 3.07. The van der Waals surface area contributed by atoms with E-state index in [1.54, 1.807) is 0 Å². The highest BCUT2D eigenvalue weighted by Gasteiger charge is 2.22. The van der Waals surface area contributed by atoms with Crippen molar-refractivity contribution in [2.75, 3.05) is 26.3 Å². The number of imidazole rings is 1. The van der Waals surface area contributed by atoms with Gasteiger partial charge in [0.05, 0.1) is 30.8 Å². The number of nitrogens with zero attached hydrogens (tertiary/aromatic N) is 3. The summed E-state index contributed by atoms with van der Waals surface area (Å²) in [5.41, 5.74) is 2.09. The highest BCUT2D eigenvalue weighted by atomic mass is 32.1. The molecule has 1 saturated heterocycles. The third kappa shape index (κ3) is 3.61. The lowest BCUT2D eigenvalue weighted by molar-refractivity contribution is 0.0690. The molecule has 1 aliphatic heterocycles. The van der Waals surface area contributed by atoms with Gasteiger partial charge in [0.25, 0.3) is 0 Å². The molecule has 1 aromatic heterocycles. The molecule has 0 atom stereocenters. The summed E-state index contributed by atoms with van der Waals surface area (Å²) >= 11 is 5.68. The maximum atomic E-state index is 13.2. The molecule has 0 bridgehead atoms. The van der Waals surface area contributed by atoms with Gasteiger partial charge >= 0.3 is 0 Å². The molecule has 0 aliphatic carbocycles. The summed E-state index contributed by atoms with van der Waals surface area (Å²) in [5, 5.41) is 0. The fourth-order valence-electron chi connectivity index (χ4n) is 3.18. The Morgan fingerprint density at radius 1 is 1.11 bits per heavy atom. The average Bonchev–Trinajstić information content (AvgIpc) is 3.07. The number of Topliss-reactive ketones (excluding diaryl/α,β-unsaturated/α-hetero) is 1. The Morgan fingerprint density at radius 2 is 1.81 bits per heavy atom. The van der Waals surface area contributed by atoms with Crippen molar-refractivity contribution in [3.63, 3.8) is 0 Å². The molecule has 2 heterocycles. The van der Waals surface area contributed by atoms with Crippen molar-refractivity contribution in [3.05, 3.63) is 65.7 Å². The van der Waals surface area contributed by atoms with E-state index in [0.29, 0.717) is 42.7 Å². The van der Waals surface area contributed by atoms with Crippen LogP contribution < -0.4 is 0 Å². The van der Waals surface area contributed by atoms with Gasteiger partial charge in [0.2, 0.25) is 0 Å². The van der Waals surface area contributed by atoms with Gasteiger partial charge in [-0.3, -0.25) is 4.79 Å². The molecular weight excluding hydrogens is 365 g/mol. The lowest BCUT2D eigenvalue weighted by Crippen LogP contribution is -2.41. The van der Waals surface area contributed by atoms with E-state index in [2.05, 4.69) is 9.88 Å². The van der Waals surface area contributed by atoms with Crippen LogP contribution >= 0.6 is 12.2 Å². The van der Waals surface area contributed by atoms with Crippen molar-refractivity contribution >= 4 is 34.0 Å². The first kappa shape index (κ1) is 17.8. The highest BCUT2D eigenvalue weighted by Crippen LogP contribution is 2.19. The van der Waals surface area contributed by atoms with Crippen molar-refractivity contribution in [3.8, 4) is 0 Å². The number of ether oxygens (including phenoxy) is 1. The number of carbonyl (C=O) groups excluding carboxylic acids is 1. The Hall–Kier alpha value is -2.64. The second-order valence-corrected chi connectivity index (χ2v) is 6.73. The second kappa shape index (κ2) is 7.54. The van der Waals surface area contributed by atoms with Crippen molar-refractivity contribution in [1.82, 2.24) is 14.5 Å². The van der Waals surface area contributed by atoms with Crippen molar-refractivity contribution in [2.24, 2.45) is 0 Å². The van der Waals surface area contributed by atoms with Crippen LogP contribution in [-0.2, 0) is 11.3 Å². The summed E-state index contributed by atoms with van der Waals surface area (Å²) in [5.74, 6) is 0.113. The van der Waals surface area contributed by atoms with Gasteiger partial charge in [0, 0.05) is 18.7 Å². The van der Waals surface area contributed by atoms with Gasteiger partial charge in [0.1, 0.15) is 10.8 Å². The molecule has 2 aromatic carbocycles. The summed E-state index contributed by atoms with van der Waals surface area (Å²) in [7, 11) is 0. The molecule has 4 rings (SSSR count). The van der Waals surface area contributed by atoms with E-state index in [-0.39, 0.29) is 18.1 Å². The monoisotopic (exact) mass is 383 g/mol. The minimum absolute atomic E-state index is 0.0892. The number of hydrogen-bond donors (Lipinski definition) is 0. The lowest BCUT2D eigenvalue weighted by Gasteiger charge is -2.28. The van der Waals surface area contributed by atoms with Crippen LogP contribution in [0.4, 0.5) is 4.39 Å². The second-order valence-electron chi connectivity index (χ2n) is 6.34. The largest absolute Gasteiger partial charge is 0.378 e. The number of halogens is 1. The van der Waals surface area contributed by atoms with Crippen molar-refractivity contribution in [2.45, 2.75) is 6.54 Å². The molecule has 0 saturated carbocycles. The minimum atomic E-state index is -0.367. The smallest absolute Gasteiger partial charge is 0.182 e. The number of thiocarbonyl (C=S) groups is 1. The third-order valence-corrected chi connectivity index (χ3v) is 5.05. The van der Waals surface area contributed by atoms with Crippen molar-refractivity contribution in [1.29, 1.82) is 0 Å². The van der Waals surface area contributed by atoms with E-state index in [9.17, 15) is 9.18 Å². The number of rotatable bonds is 4. The Bertz CT molecular complexity index is 994. The number of fused-ring (bicyclic) bond motifs is 1. The summed E-state index contributed by atoms with van der Waals surface area (Å²) in [6, 6.07) is 13.2. The molecule has 1 aliphatic rings. The molecule has 7 heteroatoms. The van der Waals surface area contributed by atoms with Crippen LogP contribution in [0.5, 0.6) is 0 Å². The molecule has 3 aromatic rings. The Balaban J connectivity index is 1.70. The Kier molecular flexibility index (Phi) is 4.96. The zero-order valence-electron chi connectivity index (χ0n) is 14.6. The molecule has 0 unspecified atom stereocenters. The molecule has 0 amide bonds. The van der Waals surface area contributed by atoms with E-state index in [4.69, 9.17) is 17.0 Å². The van der Waals surface area contributed by atoms with Gasteiger partial charge in [-0.2, -0.15) is 0 Å². The van der Waals surface area contributed by atoms with Crippen LogP contribution in [0.15, 0.2) is 48.5 Å². The Labute approximate surface area is 161 Å². The zero-order chi connectivity index (χ0) is 18.8. The van der Waals surface area contributed by atoms with Crippen LogP contribution in [0.3, 0.4) is 0 Å². The molecule has 138 valence electrons. The van der Waals surface area contributed by atoms with Crippen LogP contribution in [0.25, 0.3) is 11.0 Å². The van der Waals surface area contributed by atoms with Crippen molar-refractivity contribution < 1.29 is 13.9 Å². The standard InChI is InChI=1S/C20H18FN3O2S/c21-15-7-5-14(6-8-15)18(25)13-24-17-4-2-1-3-16(17)22-19(24)20(27)23-9-11-26-12-10-23/h1-8H,9-13H2. The SMILES string of the molecule is O=C(Cn1c(C(=S)N2CCOCC2)nc2ccccc21)c1ccc(F)cc1. The lowest BCUT2D eigenvalue weighted by atomic mass is 10.1. The number of morpholine rings is 1. The normalized spacial score (nSPS) is 14.5. The quantitative estimate of drug-likeness (QED) is 0.512. The fourth-order valence-corrected chi connectivity index (χ4v) is 3.52. The minimum Gasteiger partial charge on any atom is -0.378 e. The number of para-hydroxylation sites is 2. The highest BCUT2D eigenvalue weighted by molar-refractivity contribution is 7.80. The van der Waals surface area contributed by atoms with E-state index in [0.717, 1.165) is 11.0 Å². The summed E-state index contributed by atoms with van der Waals surface area (Å²) < 4.78 is 20.4. The number of hydrogen-bond acceptors (Lipinski definition) is 4. The van der Waals surface area contributed by atoms with Gasteiger partial charge in [0.15, 0.2) is 11.6 Å². The van der Waals surface area contributed by atoms with Gasteiger partial charge in [-0.05, 0) is 36.4 Å². The Morgan fingerprint density at radius 3 is 2.56 bits per heavy atom. The number of carbonyl (C=O) groups is 1. The first-order chi connectivity index (χ1) is 13.1. The topological polar surface area (TPSA) is 47.4 Å². The molecule has 0 spiro atoms. The zero-order valence-corrected chi connectivity index (χ0v) is 15.4. The van der Waals surface area contributed by atoms with Gasteiger partial charge in [-0.15, -0.1) is 0 Å². The average molecular weight is 383 g/mol. The van der Waals surface area contributed by atoms with E-state index >= 15 is 0 Å². The third-order valence-electron chi connectivity index (χ3n) is 4.61. The summed E-state index contributed by atoms with van der Waals surface area (Å²) in [6.07, 6.45) is 0. The predicted molar refractivity (Wildman–Crippen MR) is 105 cm³/mol. The van der Waals surface area contributed by atoms with Gasteiger partial charge in [-0.1, -0.05) is 24.4 Å². The number of aromatic nitrogens is 2. The maximum absolute atomic E-state index is 13.2. The molecular formula is C20H18FN3O2S. The van der Waals surface area contributed by atoms with E-state index in [1.165, 1.54) is 24.3 Å². The van der Waals surface area contributed by atoms with Gasteiger partial charge in [-0.25, -0.2) is 9.37 Å². The van der Waals surface area contributed by atoms with Gasteiger partial charge < -0.3 is 14.2 Å². The summed E-state index contributed by atoms with van der Waals surface area (Å²) in [4.78, 5) is 20.1. The van der Waals surface area contributed by atoms with Crippen LogP contribution in [-0.4, -0.2) is 51.5 Å². The maximum Gasteiger partial charge on any atom is 0.182 e. The van der Waals surface area contributed by atoms with E-state index in [1.807, 2.05) is 28.8 Å². The van der Waals surface area contributed by atoms with Crippen LogP contribution in [0, 0.1) is 5.82 Å². The molecule has 1 fully saturated rings. The fraction of sp³-hybridized carbons (Fsp3) is 0.250. The van der Waals surface area contributed by atoms with Crippen LogP contribution in [0.2, 0.25) is 0 Å². The van der Waals surface area contributed by atoms with Crippen LogP contribution in [0.1, 0.15) is 16.2 Å². The molecule has 0 N–H and O–H groups in total. The summed E-state index contributed by atoms with van der Waals surface area (Å²) in [6.45, 7) is 2.73. The molecule has 5 nitrogen and oxygen atoms in total.